The minimum Gasteiger partial charge on any atom is -0.378 e. The summed E-state index contributed by atoms with van der Waals surface area (Å²) in [5, 5.41) is 21.2. The molecule has 4 aromatic rings. The molecule has 0 saturated carbocycles. The Morgan fingerprint density at radius 1 is 1.31 bits per heavy atom. The molecule has 0 radical (unpaired) electrons. The normalized spacial score (nSPS) is 11.2. The van der Waals surface area contributed by atoms with E-state index in [-0.39, 0.29) is 17.3 Å². The average molecular weight is 408 g/mol. The number of thiophene rings is 1. The predicted octanol–water partition coefficient (Wildman–Crippen LogP) is 2.29. The number of rotatable bonds is 6. The van der Waals surface area contributed by atoms with Crippen LogP contribution < -0.4 is 11.2 Å². The van der Waals surface area contributed by atoms with Crippen LogP contribution in [-0.2, 0) is 6.42 Å². The van der Waals surface area contributed by atoms with Gasteiger partial charge < -0.3 is 5.73 Å². The van der Waals surface area contributed by atoms with Crippen molar-refractivity contribution in [3.63, 3.8) is 0 Å². The molecule has 0 unspecified atom stereocenters. The molecule has 0 spiro atoms. The fourth-order valence-electron chi connectivity index (χ4n) is 2.61. The number of carbonyl (C=O) groups is 1. The monoisotopic (exact) mass is 408 g/mol. The Kier molecular flexibility index (Phi) is 5.12. The van der Waals surface area contributed by atoms with Gasteiger partial charge in [-0.3, -0.25) is 4.79 Å². The predicted molar refractivity (Wildman–Crippen MR) is 108 cm³/mol. The van der Waals surface area contributed by atoms with Crippen molar-refractivity contribution in [1.82, 2.24) is 30.7 Å². The zero-order valence-electron chi connectivity index (χ0n) is 15.3. The molecule has 4 rings (SSSR count). The number of nitrogens with two attached hydrogens (primary N) is 1. The molecule has 3 N–H and O–H groups in total. The molecule has 0 bridgehead atoms. The maximum atomic E-state index is 12.7. The number of nitrogens with one attached hydrogen (secondary N) is 1. The first kappa shape index (κ1) is 18.5. The van der Waals surface area contributed by atoms with Crippen LogP contribution in [0.1, 0.15) is 28.5 Å². The van der Waals surface area contributed by atoms with Gasteiger partial charge >= 0.3 is 0 Å². The number of carbonyl (C=O) groups excluding carboxylic acids is 1. The lowest BCUT2D eigenvalue weighted by atomic mass is 10.1. The highest BCUT2D eigenvalue weighted by Crippen LogP contribution is 2.29. The minimum atomic E-state index is -0.517. The van der Waals surface area contributed by atoms with Crippen LogP contribution >= 0.6 is 11.3 Å². The summed E-state index contributed by atoms with van der Waals surface area (Å²) in [6, 6.07) is 11.6. The van der Waals surface area contributed by atoms with Gasteiger partial charge in [-0.05, 0) is 39.3 Å². The maximum absolute atomic E-state index is 12.7. The van der Waals surface area contributed by atoms with Crippen molar-refractivity contribution in [3.8, 4) is 16.4 Å². The van der Waals surface area contributed by atoms with E-state index < -0.39 is 5.91 Å². The molecule has 10 nitrogen and oxygen atoms in total. The van der Waals surface area contributed by atoms with Crippen LogP contribution in [0.3, 0.4) is 0 Å². The van der Waals surface area contributed by atoms with Crippen molar-refractivity contribution >= 4 is 29.3 Å². The summed E-state index contributed by atoms with van der Waals surface area (Å²) in [7, 11) is 0. The van der Waals surface area contributed by atoms with Crippen molar-refractivity contribution < 1.29 is 9.42 Å². The second-order valence-electron chi connectivity index (χ2n) is 5.94. The smallest absolute Gasteiger partial charge is 0.294 e. The lowest BCUT2D eigenvalue weighted by molar-refractivity contribution is 0.0951. The Morgan fingerprint density at radius 2 is 2.14 bits per heavy atom. The number of aryl methyl sites for hydroxylation is 1. The van der Waals surface area contributed by atoms with Gasteiger partial charge in [0.2, 0.25) is 11.6 Å². The topological polar surface area (TPSA) is 137 Å². The third kappa shape index (κ3) is 3.75. The van der Waals surface area contributed by atoms with E-state index in [2.05, 4.69) is 42.7 Å². The molecule has 29 heavy (non-hydrogen) atoms. The molecule has 3 aromatic heterocycles. The van der Waals surface area contributed by atoms with Crippen LogP contribution in [0.4, 0.5) is 5.82 Å². The number of benzene rings is 1. The largest absolute Gasteiger partial charge is 0.378 e. The first-order valence-electron chi connectivity index (χ1n) is 8.67. The summed E-state index contributed by atoms with van der Waals surface area (Å²) in [6.45, 7) is 2.09. The highest BCUT2D eigenvalue weighted by atomic mass is 32.1. The molecule has 0 aliphatic rings. The molecule has 3 heterocycles. The zero-order chi connectivity index (χ0) is 20.2. The first-order valence-corrected chi connectivity index (χ1v) is 9.55. The highest BCUT2D eigenvalue weighted by molar-refractivity contribution is 7.13. The van der Waals surface area contributed by atoms with E-state index >= 15 is 0 Å². The van der Waals surface area contributed by atoms with Gasteiger partial charge in [-0.2, -0.15) is 9.78 Å². The quantitative estimate of drug-likeness (QED) is 0.369. The van der Waals surface area contributed by atoms with Gasteiger partial charge in [0.15, 0.2) is 5.69 Å². The van der Waals surface area contributed by atoms with E-state index in [1.807, 2.05) is 41.8 Å². The molecule has 0 fully saturated rings. The van der Waals surface area contributed by atoms with Crippen LogP contribution in [-0.4, -0.2) is 37.4 Å². The van der Waals surface area contributed by atoms with Crippen molar-refractivity contribution in [2.45, 2.75) is 13.3 Å². The molecule has 0 saturated heterocycles. The molecule has 1 amide bonds. The van der Waals surface area contributed by atoms with Gasteiger partial charge in [0.05, 0.1) is 11.1 Å². The fourth-order valence-corrected chi connectivity index (χ4v) is 3.37. The first-order chi connectivity index (χ1) is 14.2. The van der Waals surface area contributed by atoms with Gasteiger partial charge in [0.1, 0.15) is 5.69 Å². The molecule has 146 valence electrons. The summed E-state index contributed by atoms with van der Waals surface area (Å²) < 4.78 is 5.96. The Morgan fingerprint density at radius 3 is 2.79 bits per heavy atom. The summed E-state index contributed by atoms with van der Waals surface area (Å²) in [5.74, 6) is -0.330. The van der Waals surface area contributed by atoms with E-state index in [9.17, 15) is 4.79 Å². The number of hydrogen-bond donors (Lipinski definition) is 2. The van der Waals surface area contributed by atoms with E-state index in [1.165, 1.54) is 21.6 Å². The van der Waals surface area contributed by atoms with Gasteiger partial charge in [-0.15, -0.1) is 16.4 Å². The molecule has 0 atom stereocenters. The van der Waals surface area contributed by atoms with Crippen molar-refractivity contribution in [1.29, 1.82) is 0 Å². The van der Waals surface area contributed by atoms with Crippen molar-refractivity contribution in [2.24, 2.45) is 5.10 Å². The van der Waals surface area contributed by atoms with Crippen LogP contribution in [0.2, 0.25) is 0 Å². The molecule has 0 aliphatic heterocycles. The second kappa shape index (κ2) is 8.02. The Hall–Kier alpha value is -3.86. The van der Waals surface area contributed by atoms with Crippen LogP contribution in [0.15, 0.2) is 51.5 Å². The van der Waals surface area contributed by atoms with Gasteiger partial charge in [-0.1, -0.05) is 42.5 Å². The number of anilines is 1. The third-order valence-electron chi connectivity index (χ3n) is 4.10. The number of nitrogens with zero attached hydrogens (tertiary/aromatic N) is 6. The van der Waals surface area contributed by atoms with Gasteiger partial charge in [-0.25, -0.2) is 10.1 Å². The van der Waals surface area contributed by atoms with Crippen LogP contribution in [0, 0.1) is 0 Å². The van der Waals surface area contributed by atoms with E-state index in [4.69, 9.17) is 5.73 Å². The van der Waals surface area contributed by atoms with Crippen molar-refractivity contribution in [2.75, 3.05) is 5.73 Å². The number of aromatic nitrogens is 5. The lowest BCUT2D eigenvalue weighted by Crippen LogP contribution is -2.19. The average Bonchev–Trinajstić information content (AvgIpc) is 3.48. The van der Waals surface area contributed by atoms with Crippen molar-refractivity contribution in [3.05, 3.63) is 58.6 Å². The van der Waals surface area contributed by atoms with Crippen LogP contribution in [0.25, 0.3) is 16.4 Å². The maximum Gasteiger partial charge on any atom is 0.294 e. The summed E-state index contributed by atoms with van der Waals surface area (Å²) >= 11 is 1.41. The third-order valence-corrected chi connectivity index (χ3v) is 4.98. The molecular weight excluding hydrogens is 392 g/mol. The summed E-state index contributed by atoms with van der Waals surface area (Å²) in [6.07, 6.45) is 2.52. The van der Waals surface area contributed by atoms with E-state index in [0.29, 0.717) is 5.69 Å². The molecular formula is C18H16N8O2S. The van der Waals surface area contributed by atoms with Crippen LogP contribution in [0.5, 0.6) is 0 Å². The number of hydrazone groups is 1. The SMILES string of the molecule is CCc1ccc(/C=N\NC(=O)c2nnn(-c3nonc3N)c2-c2cccs2)cc1. The number of amides is 1. The molecule has 0 aliphatic carbocycles. The number of hydrogen-bond acceptors (Lipinski definition) is 9. The number of nitrogen functional groups attached to an aromatic ring is 1. The Bertz CT molecular complexity index is 1150. The van der Waals surface area contributed by atoms with Gasteiger partial charge in [0, 0.05) is 0 Å². The molecule has 11 heteroatoms. The summed E-state index contributed by atoms with van der Waals surface area (Å²) in [5.41, 5.74) is 10.8. The fraction of sp³-hybridized carbons (Fsp3) is 0.111. The zero-order valence-corrected chi connectivity index (χ0v) is 16.1. The standard InChI is InChI=1S/C18H16N8O2S/c1-2-11-5-7-12(8-6-11)10-20-22-18(27)14-15(13-4-3-9-29-13)26(25-21-14)17-16(19)23-28-24-17/h3-10H,2H2,1H3,(H2,19,23)(H,22,27)/b20-10-. The lowest BCUT2D eigenvalue weighted by Gasteiger charge is -2.03. The Labute approximate surface area is 169 Å². The van der Waals surface area contributed by atoms with E-state index in [1.54, 1.807) is 6.21 Å². The second-order valence-corrected chi connectivity index (χ2v) is 6.89. The Balaban J connectivity index is 1.60. The summed E-state index contributed by atoms with van der Waals surface area (Å²) in [4.78, 5) is 13.4. The minimum absolute atomic E-state index is 0.0354. The van der Waals surface area contributed by atoms with E-state index in [0.717, 1.165) is 16.9 Å². The van der Waals surface area contributed by atoms with Gasteiger partial charge in [0.25, 0.3) is 5.91 Å². The molecule has 1 aromatic carbocycles. The highest BCUT2D eigenvalue weighted by Gasteiger charge is 2.25.